The van der Waals surface area contributed by atoms with Crippen molar-refractivity contribution < 1.29 is 9.53 Å². The van der Waals surface area contributed by atoms with E-state index in [0.717, 1.165) is 6.42 Å². The summed E-state index contributed by atoms with van der Waals surface area (Å²) in [4.78, 5) is 12.2. The molecule has 1 saturated carbocycles. The van der Waals surface area contributed by atoms with Gasteiger partial charge in [-0.1, -0.05) is 13.0 Å². The molecule has 94 valence electrons. The lowest BCUT2D eigenvalue weighted by Gasteiger charge is -2.52. The molecule has 3 rings (SSSR count). The van der Waals surface area contributed by atoms with Crippen LogP contribution < -0.4 is 0 Å². The Labute approximate surface area is 103 Å². The summed E-state index contributed by atoms with van der Waals surface area (Å²) in [7, 11) is 0. The molecule has 2 aliphatic carbocycles. The Kier molecular flexibility index (Phi) is 2.32. The zero-order chi connectivity index (χ0) is 12.3. The van der Waals surface area contributed by atoms with Crippen LogP contribution in [0.1, 0.15) is 40.0 Å². The summed E-state index contributed by atoms with van der Waals surface area (Å²) in [6, 6.07) is 0. The smallest absolute Gasteiger partial charge is 0.161 e. The Hall–Kier alpha value is -0.630. The fourth-order valence-electron chi connectivity index (χ4n) is 4.15. The molecule has 1 saturated heterocycles. The lowest BCUT2D eigenvalue weighted by atomic mass is 9.58. The summed E-state index contributed by atoms with van der Waals surface area (Å²) in [5.74, 6) is 1.49. The van der Waals surface area contributed by atoms with Crippen molar-refractivity contribution in [1.82, 2.24) is 0 Å². The number of hydrogen-bond acceptors (Lipinski definition) is 2. The highest BCUT2D eigenvalue weighted by molar-refractivity contribution is 5.92. The highest BCUT2D eigenvalue weighted by atomic mass is 16.5. The normalized spacial score (nSPS) is 47.7. The monoisotopic (exact) mass is 234 g/mol. The van der Waals surface area contributed by atoms with Gasteiger partial charge in [0.25, 0.3) is 0 Å². The number of fused-ring (bicyclic) bond motifs is 1. The van der Waals surface area contributed by atoms with E-state index in [9.17, 15) is 4.79 Å². The van der Waals surface area contributed by atoms with Gasteiger partial charge in [0.2, 0.25) is 0 Å². The molecule has 4 atom stereocenters. The van der Waals surface area contributed by atoms with Crippen LogP contribution in [0.2, 0.25) is 0 Å². The molecule has 0 aromatic carbocycles. The molecule has 2 unspecified atom stereocenters. The second-order valence-corrected chi connectivity index (χ2v) is 6.92. The third-order valence-corrected chi connectivity index (χ3v) is 5.31. The fourth-order valence-corrected chi connectivity index (χ4v) is 4.15. The standard InChI is InChI=1S/C15H22O2/c1-14(2)12-4-6-15(3)7-5-13(16)11(9-17-14)10(12)8-15/h5,7,10-12H,4,6,8-9H2,1-3H3/t10?,11-,12?,15-/m1/s1. The summed E-state index contributed by atoms with van der Waals surface area (Å²) < 4.78 is 5.97. The van der Waals surface area contributed by atoms with E-state index >= 15 is 0 Å². The zero-order valence-electron chi connectivity index (χ0n) is 11.0. The van der Waals surface area contributed by atoms with Crippen LogP contribution in [0, 0.1) is 23.2 Å². The first-order valence-corrected chi connectivity index (χ1v) is 6.78. The summed E-state index contributed by atoms with van der Waals surface area (Å²) in [5, 5.41) is 0. The third kappa shape index (κ3) is 1.69. The van der Waals surface area contributed by atoms with Gasteiger partial charge in [-0.25, -0.2) is 0 Å². The predicted molar refractivity (Wildman–Crippen MR) is 66.6 cm³/mol. The van der Waals surface area contributed by atoms with Crippen molar-refractivity contribution in [2.45, 2.75) is 45.6 Å². The van der Waals surface area contributed by atoms with E-state index in [-0.39, 0.29) is 16.9 Å². The largest absolute Gasteiger partial charge is 0.375 e. The van der Waals surface area contributed by atoms with Gasteiger partial charge in [0, 0.05) is 5.92 Å². The van der Waals surface area contributed by atoms with E-state index in [0.29, 0.717) is 24.2 Å². The van der Waals surface area contributed by atoms with E-state index in [1.165, 1.54) is 12.8 Å². The lowest BCUT2D eigenvalue weighted by Crippen LogP contribution is -2.52. The van der Waals surface area contributed by atoms with Crippen LogP contribution in [0.25, 0.3) is 0 Å². The molecule has 0 N–H and O–H groups in total. The molecule has 1 heterocycles. The molecule has 0 aromatic heterocycles. The first-order chi connectivity index (χ1) is 7.91. The van der Waals surface area contributed by atoms with Crippen molar-refractivity contribution >= 4 is 5.78 Å². The number of carbonyl (C=O) groups is 1. The van der Waals surface area contributed by atoms with Crippen LogP contribution in [0.4, 0.5) is 0 Å². The van der Waals surface area contributed by atoms with E-state index in [4.69, 9.17) is 4.74 Å². The molecule has 2 fully saturated rings. The first kappa shape index (κ1) is 11.5. The maximum atomic E-state index is 12.2. The predicted octanol–water partition coefficient (Wildman–Crippen LogP) is 2.97. The van der Waals surface area contributed by atoms with Crippen LogP contribution in [0.3, 0.4) is 0 Å². The minimum atomic E-state index is -0.0485. The number of allylic oxidation sites excluding steroid dienone is 2. The molecule has 2 heteroatoms. The average Bonchev–Trinajstić information content (AvgIpc) is 2.34. The van der Waals surface area contributed by atoms with Gasteiger partial charge < -0.3 is 4.74 Å². The Morgan fingerprint density at radius 2 is 2.12 bits per heavy atom. The Bertz CT molecular complexity index is 382. The second kappa shape index (κ2) is 3.44. The lowest BCUT2D eigenvalue weighted by molar-refractivity contribution is -0.171. The highest BCUT2D eigenvalue weighted by Gasteiger charge is 2.52. The number of ketones is 1. The molecule has 2 nitrogen and oxygen atoms in total. The molecule has 0 amide bonds. The van der Waals surface area contributed by atoms with E-state index in [1.807, 2.05) is 6.08 Å². The van der Waals surface area contributed by atoms with Gasteiger partial charge in [-0.15, -0.1) is 0 Å². The maximum absolute atomic E-state index is 12.2. The highest BCUT2D eigenvalue weighted by Crippen LogP contribution is 2.54. The summed E-state index contributed by atoms with van der Waals surface area (Å²) in [6.45, 7) is 7.31. The van der Waals surface area contributed by atoms with Crippen molar-refractivity contribution in [2.24, 2.45) is 23.2 Å². The molecule has 0 radical (unpaired) electrons. The third-order valence-electron chi connectivity index (χ3n) is 5.31. The van der Waals surface area contributed by atoms with Crippen LogP contribution in [-0.2, 0) is 9.53 Å². The minimum Gasteiger partial charge on any atom is -0.375 e. The summed E-state index contributed by atoms with van der Waals surface area (Å²) in [5.41, 5.74) is 0.201. The van der Waals surface area contributed by atoms with Gasteiger partial charge in [0.15, 0.2) is 5.78 Å². The molecule has 0 spiro atoms. The Morgan fingerprint density at radius 1 is 1.35 bits per heavy atom. The first-order valence-electron chi connectivity index (χ1n) is 6.78. The Morgan fingerprint density at radius 3 is 2.88 bits per heavy atom. The van der Waals surface area contributed by atoms with Gasteiger partial charge in [0.1, 0.15) is 0 Å². The topological polar surface area (TPSA) is 26.3 Å². The maximum Gasteiger partial charge on any atom is 0.161 e. The molecular weight excluding hydrogens is 212 g/mol. The molecule has 17 heavy (non-hydrogen) atoms. The van der Waals surface area contributed by atoms with Gasteiger partial charge in [-0.2, -0.15) is 0 Å². The quantitative estimate of drug-likeness (QED) is 0.644. The van der Waals surface area contributed by atoms with Crippen LogP contribution in [0.15, 0.2) is 12.2 Å². The van der Waals surface area contributed by atoms with Crippen LogP contribution in [0.5, 0.6) is 0 Å². The van der Waals surface area contributed by atoms with Gasteiger partial charge in [-0.05, 0) is 56.4 Å². The van der Waals surface area contributed by atoms with E-state index < -0.39 is 0 Å². The summed E-state index contributed by atoms with van der Waals surface area (Å²) >= 11 is 0. The number of carbonyl (C=O) groups excluding carboxylic acids is 1. The molecule has 2 bridgehead atoms. The van der Waals surface area contributed by atoms with Crippen LogP contribution >= 0.6 is 0 Å². The molecular formula is C15H22O2. The van der Waals surface area contributed by atoms with Crippen molar-refractivity contribution in [3.8, 4) is 0 Å². The van der Waals surface area contributed by atoms with Crippen molar-refractivity contribution in [3.63, 3.8) is 0 Å². The molecule has 0 aromatic rings. The number of hydrogen-bond donors (Lipinski definition) is 0. The summed E-state index contributed by atoms with van der Waals surface area (Å²) in [6.07, 6.45) is 7.54. The van der Waals surface area contributed by atoms with Gasteiger partial charge >= 0.3 is 0 Å². The molecule has 3 aliphatic rings. The second-order valence-electron chi connectivity index (χ2n) is 6.92. The Balaban J connectivity index is 2.00. The van der Waals surface area contributed by atoms with E-state index in [2.05, 4.69) is 26.8 Å². The SMILES string of the molecule is CC1(C)OC[C@H]2C(=O)C=C[C@@]3(C)CCC1C2C3. The van der Waals surface area contributed by atoms with Crippen LogP contribution in [-0.4, -0.2) is 18.0 Å². The van der Waals surface area contributed by atoms with Gasteiger partial charge in [0.05, 0.1) is 12.2 Å². The number of rotatable bonds is 0. The zero-order valence-corrected chi connectivity index (χ0v) is 11.0. The van der Waals surface area contributed by atoms with Crippen molar-refractivity contribution in [3.05, 3.63) is 12.2 Å². The van der Waals surface area contributed by atoms with Gasteiger partial charge in [-0.3, -0.25) is 4.79 Å². The van der Waals surface area contributed by atoms with Crippen molar-refractivity contribution in [2.75, 3.05) is 6.61 Å². The van der Waals surface area contributed by atoms with E-state index in [1.54, 1.807) is 0 Å². The van der Waals surface area contributed by atoms with Crippen molar-refractivity contribution in [1.29, 1.82) is 0 Å². The fraction of sp³-hybridized carbons (Fsp3) is 0.800. The molecule has 1 aliphatic heterocycles. The minimum absolute atomic E-state index is 0.0485. The average molecular weight is 234 g/mol. The number of ether oxygens (including phenoxy) is 1.